The number of rotatable bonds is 4. The van der Waals surface area contributed by atoms with Crippen molar-refractivity contribution in [2.75, 3.05) is 6.61 Å². The molecule has 2 N–H and O–H groups in total. The van der Waals surface area contributed by atoms with Crippen molar-refractivity contribution in [3.63, 3.8) is 0 Å². The molecule has 1 aromatic carbocycles. The number of hydrogen-bond donors (Lipinski definition) is 2. The van der Waals surface area contributed by atoms with E-state index in [1.165, 1.54) is 11.6 Å². The summed E-state index contributed by atoms with van der Waals surface area (Å²) in [5, 5.41) is 12.0. The van der Waals surface area contributed by atoms with Crippen molar-refractivity contribution < 1.29 is 19.4 Å². The zero-order valence-electron chi connectivity index (χ0n) is 13.3. The molecule has 0 bridgehead atoms. The predicted molar refractivity (Wildman–Crippen MR) is 91.6 cm³/mol. The van der Waals surface area contributed by atoms with E-state index in [1.54, 1.807) is 6.07 Å². The third-order valence-electron chi connectivity index (χ3n) is 4.09. The molecule has 2 atom stereocenters. The summed E-state index contributed by atoms with van der Waals surface area (Å²) in [4.78, 5) is 23.9. The van der Waals surface area contributed by atoms with Gasteiger partial charge in [0.25, 0.3) is 5.91 Å². The lowest BCUT2D eigenvalue weighted by atomic mass is 9.95. The number of aromatic carboxylic acids is 1. The van der Waals surface area contributed by atoms with Crippen molar-refractivity contribution in [2.45, 2.75) is 31.9 Å². The number of benzene rings is 1. The van der Waals surface area contributed by atoms with Crippen LogP contribution >= 0.6 is 11.3 Å². The second kappa shape index (κ2) is 7.15. The molecule has 1 aromatic heterocycles. The van der Waals surface area contributed by atoms with E-state index in [-0.39, 0.29) is 22.9 Å². The van der Waals surface area contributed by atoms with Gasteiger partial charge in [-0.2, -0.15) is 0 Å². The molecule has 0 aliphatic carbocycles. The molecule has 1 saturated heterocycles. The van der Waals surface area contributed by atoms with Crippen LogP contribution in [-0.2, 0) is 4.74 Å². The van der Waals surface area contributed by atoms with Crippen molar-refractivity contribution in [3.8, 4) is 0 Å². The Balaban J connectivity index is 1.74. The summed E-state index contributed by atoms with van der Waals surface area (Å²) in [5.41, 5.74) is 2.22. The van der Waals surface area contributed by atoms with Crippen molar-refractivity contribution in [3.05, 3.63) is 57.3 Å². The molecular formula is C18H19NO4S. The maximum atomic E-state index is 12.4. The maximum Gasteiger partial charge on any atom is 0.345 e. The fourth-order valence-corrected chi connectivity index (χ4v) is 3.58. The summed E-state index contributed by atoms with van der Waals surface area (Å²) >= 11 is 0.984. The normalized spacial score (nSPS) is 20.5. The molecule has 24 heavy (non-hydrogen) atoms. The number of carboxylic acids is 1. The van der Waals surface area contributed by atoms with Gasteiger partial charge in [-0.3, -0.25) is 4.79 Å². The summed E-state index contributed by atoms with van der Waals surface area (Å²) in [6.07, 6.45) is 1.54. The van der Waals surface area contributed by atoms with Gasteiger partial charge >= 0.3 is 5.97 Å². The summed E-state index contributed by atoms with van der Waals surface area (Å²) < 4.78 is 5.89. The first-order valence-electron chi connectivity index (χ1n) is 7.87. The van der Waals surface area contributed by atoms with Crippen LogP contribution in [0.5, 0.6) is 0 Å². The van der Waals surface area contributed by atoms with Gasteiger partial charge in [0, 0.05) is 6.61 Å². The van der Waals surface area contributed by atoms with E-state index >= 15 is 0 Å². The molecule has 5 nitrogen and oxygen atoms in total. The lowest BCUT2D eigenvalue weighted by Gasteiger charge is -2.32. The number of ether oxygens (including phenoxy) is 1. The van der Waals surface area contributed by atoms with Crippen LogP contribution in [0, 0.1) is 6.92 Å². The molecular weight excluding hydrogens is 326 g/mol. The van der Waals surface area contributed by atoms with Gasteiger partial charge in [0.05, 0.1) is 10.9 Å². The molecule has 0 saturated carbocycles. The first-order valence-corrected chi connectivity index (χ1v) is 8.68. The molecule has 1 aliphatic rings. The maximum absolute atomic E-state index is 12.4. The molecule has 1 fully saturated rings. The molecule has 0 radical (unpaired) electrons. The Bertz CT molecular complexity index is 738. The molecule has 6 heteroatoms. The first-order chi connectivity index (χ1) is 11.5. The van der Waals surface area contributed by atoms with Crippen molar-refractivity contribution in [1.82, 2.24) is 5.32 Å². The Kier molecular flexibility index (Phi) is 4.97. The van der Waals surface area contributed by atoms with Crippen LogP contribution in [0.1, 0.15) is 49.4 Å². The fourth-order valence-electron chi connectivity index (χ4n) is 2.83. The van der Waals surface area contributed by atoms with E-state index in [1.807, 2.05) is 31.2 Å². The lowest BCUT2D eigenvalue weighted by molar-refractivity contribution is -0.00941. The van der Waals surface area contributed by atoms with Crippen LogP contribution in [0.2, 0.25) is 0 Å². The monoisotopic (exact) mass is 345 g/mol. The summed E-state index contributed by atoms with van der Waals surface area (Å²) in [7, 11) is 0. The summed E-state index contributed by atoms with van der Waals surface area (Å²) in [6, 6.07) is 11.0. The molecule has 2 heterocycles. The van der Waals surface area contributed by atoms with Crippen molar-refractivity contribution >= 4 is 23.2 Å². The van der Waals surface area contributed by atoms with E-state index in [2.05, 4.69) is 5.32 Å². The SMILES string of the molecule is Cc1ccc(C2OCCCC2NC(=O)c2ccc(C(=O)O)s2)cc1. The molecule has 3 rings (SSSR count). The highest BCUT2D eigenvalue weighted by molar-refractivity contribution is 7.15. The quantitative estimate of drug-likeness (QED) is 0.890. The number of thiophene rings is 1. The predicted octanol–water partition coefficient (Wildman–Crippen LogP) is 3.40. The van der Waals surface area contributed by atoms with Crippen LogP contribution in [0.3, 0.4) is 0 Å². The van der Waals surface area contributed by atoms with Gasteiger partial charge in [-0.25, -0.2) is 4.79 Å². The number of nitrogens with one attached hydrogen (secondary N) is 1. The van der Waals surface area contributed by atoms with E-state index < -0.39 is 5.97 Å². The minimum Gasteiger partial charge on any atom is -0.477 e. The Labute approximate surface area is 144 Å². The average molecular weight is 345 g/mol. The average Bonchev–Trinajstić information content (AvgIpc) is 3.07. The van der Waals surface area contributed by atoms with Crippen molar-refractivity contribution in [2.24, 2.45) is 0 Å². The van der Waals surface area contributed by atoms with E-state index in [0.717, 1.165) is 29.7 Å². The standard InChI is InChI=1S/C18H19NO4S/c1-11-4-6-12(7-5-11)16-13(3-2-10-23-16)19-17(20)14-8-9-15(24-14)18(21)22/h4-9,13,16H,2-3,10H2,1H3,(H,19,20)(H,21,22). The zero-order valence-corrected chi connectivity index (χ0v) is 14.1. The highest BCUT2D eigenvalue weighted by Gasteiger charge is 2.29. The van der Waals surface area contributed by atoms with E-state index in [9.17, 15) is 9.59 Å². The minimum atomic E-state index is -1.02. The van der Waals surface area contributed by atoms with E-state index in [4.69, 9.17) is 9.84 Å². The van der Waals surface area contributed by atoms with E-state index in [0.29, 0.717) is 11.5 Å². The summed E-state index contributed by atoms with van der Waals surface area (Å²) in [5.74, 6) is -1.27. The number of amides is 1. The number of carbonyl (C=O) groups is 2. The van der Waals surface area contributed by atoms with Crippen LogP contribution in [-0.4, -0.2) is 29.6 Å². The minimum absolute atomic E-state index is 0.121. The van der Waals surface area contributed by atoms with Gasteiger partial charge in [0.15, 0.2) is 0 Å². The Morgan fingerprint density at radius 3 is 2.54 bits per heavy atom. The second-order valence-electron chi connectivity index (χ2n) is 5.89. The van der Waals surface area contributed by atoms with Gasteiger partial charge in [0.1, 0.15) is 11.0 Å². The highest BCUT2D eigenvalue weighted by Crippen LogP contribution is 2.29. The van der Waals surface area contributed by atoms with Crippen molar-refractivity contribution in [1.29, 1.82) is 0 Å². The fraction of sp³-hybridized carbons (Fsp3) is 0.333. The lowest BCUT2D eigenvalue weighted by Crippen LogP contribution is -2.42. The van der Waals surface area contributed by atoms with Gasteiger partial charge in [-0.15, -0.1) is 11.3 Å². The van der Waals surface area contributed by atoms with Gasteiger partial charge < -0.3 is 15.2 Å². The number of hydrogen-bond acceptors (Lipinski definition) is 4. The summed E-state index contributed by atoms with van der Waals surface area (Å²) in [6.45, 7) is 2.70. The Morgan fingerprint density at radius 2 is 1.88 bits per heavy atom. The zero-order chi connectivity index (χ0) is 17.1. The molecule has 2 aromatic rings. The van der Waals surface area contributed by atoms with Crippen LogP contribution in [0.25, 0.3) is 0 Å². The van der Waals surface area contributed by atoms with Gasteiger partial charge in [0.2, 0.25) is 0 Å². The highest BCUT2D eigenvalue weighted by atomic mass is 32.1. The molecule has 2 unspecified atom stereocenters. The number of carbonyl (C=O) groups excluding carboxylic acids is 1. The van der Waals surface area contributed by atoms with Gasteiger partial charge in [-0.1, -0.05) is 29.8 Å². The van der Waals surface area contributed by atoms with Crippen LogP contribution in [0.4, 0.5) is 0 Å². The van der Waals surface area contributed by atoms with Crippen LogP contribution < -0.4 is 5.32 Å². The topological polar surface area (TPSA) is 75.6 Å². The molecule has 1 aliphatic heterocycles. The third kappa shape index (κ3) is 3.66. The third-order valence-corrected chi connectivity index (χ3v) is 5.16. The number of carboxylic acid groups (broad SMARTS) is 1. The smallest absolute Gasteiger partial charge is 0.345 e. The van der Waals surface area contributed by atoms with Gasteiger partial charge in [-0.05, 0) is 37.5 Å². The molecule has 1 amide bonds. The Morgan fingerprint density at radius 1 is 1.17 bits per heavy atom. The first kappa shape index (κ1) is 16.7. The number of aryl methyl sites for hydroxylation is 1. The Hall–Kier alpha value is -2.18. The molecule has 0 spiro atoms. The largest absolute Gasteiger partial charge is 0.477 e. The molecule has 126 valence electrons. The van der Waals surface area contributed by atoms with Crippen LogP contribution in [0.15, 0.2) is 36.4 Å². The second-order valence-corrected chi connectivity index (χ2v) is 6.98.